The van der Waals surface area contributed by atoms with E-state index in [1.54, 1.807) is 0 Å². The zero-order valence-electron chi connectivity index (χ0n) is 8.64. The van der Waals surface area contributed by atoms with Gasteiger partial charge >= 0.3 is 0 Å². The standard InChI is InChI=1S/C11H15N3/c1-3-11-10(8-13(2)12-11)9-14-6-4-5-7-14/h4-8H,3,9H2,1-2H3. The fourth-order valence-corrected chi connectivity index (χ4v) is 1.69. The van der Waals surface area contributed by atoms with Crippen molar-refractivity contribution in [1.29, 1.82) is 0 Å². The average Bonchev–Trinajstić information content (AvgIpc) is 2.76. The van der Waals surface area contributed by atoms with Gasteiger partial charge < -0.3 is 4.57 Å². The number of nitrogens with zero attached hydrogens (tertiary/aromatic N) is 3. The van der Waals surface area contributed by atoms with E-state index in [4.69, 9.17) is 0 Å². The Morgan fingerprint density at radius 2 is 2.00 bits per heavy atom. The first-order valence-electron chi connectivity index (χ1n) is 4.91. The molecule has 0 unspecified atom stereocenters. The Hall–Kier alpha value is -1.51. The maximum Gasteiger partial charge on any atom is 0.0671 e. The molecule has 0 aliphatic carbocycles. The molecule has 0 atom stereocenters. The smallest absolute Gasteiger partial charge is 0.0671 e. The third-order valence-corrected chi connectivity index (χ3v) is 2.35. The lowest BCUT2D eigenvalue weighted by Crippen LogP contribution is -1.97. The molecule has 0 saturated carbocycles. The second kappa shape index (κ2) is 3.70. The topological polar surface area (TPSA) is 22.8 Å². The highest BCUT2D eigenvalue weighted by molar-refractivity contribution is 5.17. The van der Waals surface area contributed by atoms with Gasteiger partial charge in [-0.2, -0.15) is 5.10 Å². The predicted octanol–water partition coefficient (Wildman–Crippen LogP) is 1.83. The van der Waals surface area contributed by atoms with E-state index in [2.05, 4.69) is 35.2 Å². The number of hydrogen-bond donors (Lipinski definition) is 0. The molecular weight excluding hydrogens is 174 g/mol. The molecule has 0 spiro atoms. The Kier molecular flexibility index (Phi) is 2.39. The van der Waals surface area contributed by atoms with Crippen molar-refractivity contribution in [2.24, 2.45) is 7.05 Å². The summed E-state index contributed by atoms with van der Waals surface area (Å²) in [5.74, 6) is 0. The van der Waals surface area contributed by atoms with Crippen LogP contribution < -0.4 is 0 Å². The molecule has 0 amide bonds. The van der Waals surface area contributed by atoms with E-state index < -0.39 is 0 Å². The summed E-state index contributed by atoms with van der Waals surface area (Å²) in [5.41, 5.74) is 2.51. The highest BCUT2D eigenvalue weighted by atomic mass is 15.3. The van der Waals surface area contributed by atoms with Gasteiger partial charge in [-0.05, 0) is 18.6 Å². The lowest BCUT2D eigenvalue weighted by molar-refractivity contribution is 0.746. The molecule has 0 saturated heterocycles. The van der Waals surface area contributed by atoms with Crippen LogP contribution in [0.4, 0.5) is 0 Å². The van der Waals surface area contributed by atoms with Crippen LogP contribution in [0.3, 0.4) is 0 Å². The average molecular weight is 189 g/mol. The summed E-state index contributed by atoms with van der Waals surface area (Å²) < 4.78 is 4.05. The fourth-order valence-electron chi connectivity index (χ4n) is 1.69. The van der Waals surface area contributed by atoms with Gasteiger partial charge in [0.05, 0.1) is 12.2 Å². The third kappa shape index (κ3) is 1.71. The van der Waals surface area contributed by atoms with Crippen LogP contribution in [-0.4, -0.2) is 14.3 Å². The molecule has 0 aromatic carbocycles. The van der Waals surface area contributed by atoms with Crippen LogP contribution in [0, 0.1) is 0 Å². The normalized spacial score (nSPS) is 10.7. The Balaban J connectivity index is 2.23. The van der Waals surface area contributed by atoms with Crippen LogP contribution in [-0.2, 0) is 20.0 Å². The van der Waals surface area contributed by atoms with E-state index in [0.29, 0.717) is 0 Å². The Morgan fingerprint density at radius 1 is 1.29 bits per heavy atom. The van der Waals surface area contributed by atoms with Gasteiger partial charge in [0.25, 0.3) is 0 Å². The SMILES string of the molecule is CCc1nn(C)cc1Cn1cccc1. The van der Waals surface area contributed by atoms with Crippen molar-refractivity contribution < 1.29 is 0 Å². The van der Waals surface area contributed by atoms with Crippen molar-refractivity contribution in [1.82, 2.24) is 14.3 Å². The fraction of sp³-hybridized carbons (Fsp3) is 0.364. The zero-order valence-corrected chi connectivity index (χ0v) is 8.64. The maximum absolute atomic E-state index is 4.41. The van der Waals surface area contributed by atoms with E-state index in [0.717, 1.165) is 13.0 Å². The summed E-state index contributed by atoms with van der Waals surface area (Å²) in [4.78, 5) is 0. The van der Waals surface area contributed by atoms with E-state index in [9.17, 15) is 0 Å². The summed E-state index contributed by atoms with van der Waals surface area (Å²) in [6, 6.07) is 4.09. The molecule has 14 heavy (non-hydrogen) atoms. The molecule has 2 heterocycles. The second-order valence-electron chi connectivity index (χ2n) is 3.48. The van der Waals surface area contributed by atoms with Crippen LogP contribution in [0.1, 0.15) is 18.2 Å². The summed E-state index contributed by atoms with van der Waals surface area (Å²) in [6.07, 6.45) is 7.25. The lowest BCUT2D eigenvalue weighted by Gasteiger charge is -2.01. The monoisotopic (exact) mass is 189 g/mol. The quantitative estimate of drug-likeness (QED) is 0.722. The van der Waals surface area contributed by atoms with Gasteiger partial charge in [0.15, 0.2) is 0 Å². The van der Waals surface area contributed by atoms with E-state index >= 15 is 0 Å². The Morgan fingerprint density at radius 3 is 2.64 bits per heavy atom. The lowest BCUT2D eigenvalue weighted by atomic mass is 10.2. The molecular formula is C11H15N3. The molecule has 2 aromatic rings. The van der Waals surface area contributed by atoms with Crippen LogP contribution in [0.2, 0.25) is 0 Å². The van der Waals surface area contributed by atoms with Crippen LogP contribution in [0.5, 0.6) is 0 Å². The molecule has 0 N–H and O–H groups in total. The summed E-state index contributed by atoms with van der Waals surface area (Å²) in [7, 11) is 1.97. The van der Waals surface area contributed by atoms with Crippen LogP contribution in [0.15, 0.2) is 30.7 Å². The van der Waals surface area contributed by atoms with Crippen molar-refractivity contribution in [2.75, 3.05) is 0 Å². The molecule has 2 rings (SSSR count). The van der Waals surface area contributed by atoms with Gasteiger partial charge in [0.1, 0.15) is 0 Å². The molecule has 0 radical (unpaired) electrons. The second-order valence-corrected chi connectivity index (χ2v) is 3.48. The van der Waals surface area contributed by atoms with Gasteiger partial charge in [-0.3, -0.25) is 4.68 Å². The first kappa shape index (κ1) is 9.06. The predicted molar refractivity (Wildman–Crippen MR) is 56.1 cm³/mol. The minimum Gasteiger partial charge on any atom is -0.350 e. The van der Waals surface area contributed by atoms with E-state index in [1.807, 2.05) is 23.9 Å². The molecule has 0 aliphatic rings. The first-order valence-corrected chi connectivity index (χ1v) is 4.91. The molecule has 0 bridgehead atoms. The van der Waals surface area contributed by atoms with Crippen molar-refractivity contribution in [3.63, 3.8) is 0 Å². The van der Waals surface area contributed by atoms with Gasteiger partial charge in [-0.1, -0.05) is 6.92 Å². The van der Waals surface area contributed by atoms with Crippen molar-refractivity contribution in [3.05, 3.63) is 42.0 Å². The molecule has 2 aromatic heterocycles. The molecule has 0 aliphatic heterocycles. The molecule has 3 heteroatoms. The van der Waals surface area contributed by atoms with Gasteiger partial charge in [-0.15, -0.1) is 0 Å². The first-order chi connectivity index (χ1) is 6.79. The van der Waals surface area contributed by atoms with Crippen molar-refractivity contribution in [2.45, 2.75) is 19.9 Å². The molecule has 74 valence electrons. The summed E-state index contributed by atoms with van der Waals surface area (Å²) in [5, 5.41) is 4.41. The number of aromatic nitrogens is 3. The zero-order chi connectivity index (χ0) is 9.97. The van der Waals surface area contributed by atoms with Crippen molar-refractivity contribution >= 4 is 0 Å². The minimum atomic E-state index is 0.921. The van der Waals surface area contributed by atoms with Crippen molar-refractivity contribution in [3.8, 4) is 0 Å². The number of aryl methyl sites for hydroxylation is 2. The third-order valence-electron chi connectivity index (χ3n) is 2.35. The van der Waals surface area contributed by atoms with Crippen LogP contribution in [0.25, 0.3) is 0 Å². The molecule has 3 nitrogen and oxygen atoms in total. The maximum atomic E-state index is 4.41. The highest BCUT2D eigenvalue weighted by Gasteiger charge is 2.05. The van der Waals surface area contributed by atoms with Gasteiger partial charge in [-0.25, -0.2) is 0 Å². The van der Waals surface area contributed by atoms with E-state index in [-0.39, 0.29) is 0 Å². The number of rotatable bonds is 3. The Labute approximate surface area is 84.0 Å². The molecule has 0 fully saturated rings. The highest BCUT2D eigenvalue weighted by Crippen LogP contribution is 2.09. The number of hydrogen-bond acceptors (Lipinski definition) is 1. The Bertz CT molecular complexity index is 398. The van der Waals surface area contributed by atoms with Gasteiger partial charge in [0, 0.05) is 31.2 Å². The largest absolute Gasteiger partial charge is 0.350 e. The van der Waals surface area contributed by atoms with E-state index in [1.165, 1.54) is 11.3 Å². The summed E-state index contributed by atoms with van der Waals surface area (Å²) >= 11 is 0. The summed E-state index contributed by atoms with van der Waals surface area (Å²) in [6.45, 7) is 3.06. The van der Waals surface area contributed by atoms with Gasteiger partial charge in [0.2, 0.25) is 0 Å². The minimum absolute atomic E-state index is 0.921. The van der Waals surface area contributed by atoms with Crippen LogP contribution >= 0.6 is 0 Å².